The topological polar surface area (TPSA) is 28.2 Å². The summed E-state index contributed by atoms with van der Waals surface area (Å²) < 4.78 is 1.25. The van der Waals surface area contributed by atoms with E-state index in [2.05, 4.69) is 59.6 Å². The van der Waals surface area contributed by atoms with Crippen molar-refractivity contribution in [3.63, 3.8) is 0 Å². The largest absolute Gasteiger partial charge is 0.308 e. The SMILES string of the molecule is CN(C)Cc1ccc(CNCc2ccc3scnc3c2)s1. The van der Waals surface area contributed by atoms with Crippen LogP contribution in [0.15, 0.2) is 35.8 Å². The molecular weight excluding hydrogens is 298 g/mol. The Bertz CT molecular complexity index is 715. The van der Waals surface area contributed by atoms with E-state index in [1.165, 1.54) is 20.0 Å². The van der Waals surface area contributed by atoms with Gasteiger partial charge in [-0.2, -0.15) is 0 Å². The Hall–Kier alpha value is -1.27. The van der Waals surface area contributed by atoms with Crippen molar-refractivity contribution in [1.82, 2.24) is 15.2 Å². The number of nitrogens with one attached hydrogen (secondary N) is 1. The van der Waals surface area contributed by atoms with E-state index >= 15 is 0 Å². The van der Waals surface area contributed by atoms with Crippen molar-refractivity contribution < 1.29 is 0 Å². The molecule has 0 aliphatic rings. The number of thiophene rings is 1. The van der Waals surface area contributed by atoms with Gasteiger partial charge in [-0.15, -0.1) is 22.7 Å². The van der Waals surface area contributed by atoms with Gasteiger partial charge in [0.25, 0.3) is 0 Å². The maximum atomic E-state index is 4.36. The Morgan fingerprint density at radius 3 is 2.81 bits per heavy atom. The first kappa shape index (κ1) is 14.7. The molecule has 2 heterocycles. The zero-order valence-electron chi connectivity index (χ0n) is 12.3. The predicted octanol–water partition coefficient (Wildman–Crippen LogP) is 3.71. The maximum Gasteiger partial charge on any atom is 0.0815 e. The predicted molar refractivity (Wildman–Crippen MR) is 91.9 cm³/mol. The van der Waals surface area contributed by atoms with E-state index in [1.54, 1.807) is 11.3 Å². The van der Waals surface area contributed by atoms with Crippen LogP contribution in [0.4, 0.5) is 0 Å². The van der Waals surface area contributed by atoms with Gasteiger partial charge in [0.15, 0.2) is 0 Å². The number of aromatic nitrogens is 1. The molecule has 0 bridgehead atoms. The Morgan fingerprint density at radius 1 is 1.10 bits per heavy atom. The minimum Gasteiger partial charge on any atom is -0.308 e. The molecular formula is C16H19N3S2. The first-order chi connectivity index (χ1) is 10.2. The van der Waals surface area contributed by atoms with Crippen molar-refractivity contribution in [3.8, 4) is 0 Å². The van der Waals surface area contributed by atoms with Crippen LogP contribution in [0.25, 0.3) is 10.2 Å². The summed E-state index contributed by atoms with van der Waals surface area (Å²) in [7, 11) is 4.21. The molecule has 5 heteroatoms. The fraction of sp³-hybridized carbons (Fsp3) is 0.312. The summed E-state index contributed by atoms with van der Waals surface area (Å²) in [4.78, 5) is 9.37. The average molecular weight is 317 g/mol. The summed E-state index contributed by atoms with van der Waals surface area (Å²) >= 11 is 3.58. The highest BCUT2D eigenvalue weighted by atomic mass is 32.1. The zero-order chi connectivity index (χ0) is 14.7. The van der Waals surface area contributed by atoms with Gasteiger partial charge < -0.3 is 10.2 Å². The minimum atomic E-state index is 0.883. The molecule has 3 rings (SSSR count). The van der Waals surface area contributed by atoms with Crippen molar-refractivity contribution in [3.05, 3.63) is 51.2 Å². The molecule has 1 N–H and O–H groups in total. The third kappa shape index (κ3) is 3.89. The van der Waals surface area contributed by atoms with E-state index in [1.807, 2.05) is 16.8 Å². The van der Waals surface area contributed by atoms with Gasteiger partial charge in [-0.25, -0.2) is 4.98 Å². The quantitative estimate of drug-likeness (QED) is 0.751. The summed E-state index contributed by atoms with van der Waals surface area (Å²) in [6, 6.07) is 11.0. The summed E-state index contributed by atoms with van der Waals surface area (Å²) in [6.07, 6.45) is 0. The molecule has 0 unspecified atom stereocenters. The number of fused-ring (bicyclic) bond motifs is 1. The highest BCUT2D eigenvalue weighted by Crippen LogP contribution is 2.20. The van der Waals surface area contributed by atoms with Crippen LogP contribution in [0.1, 0.15) is 15.3 Å². The normalized spacial score (nSPS) is 11.6. The Kier molecular flexibility index (Phi) is 4.65. The third-order valence-corrected chi connectivity index (χ3v) is 5.09. The molecule has 3 nitrogen and oxygen atoms in total. The van der Waals surface area contributed by atoms with Crippen LogP contribution in [0.3, 0.4) is 0 Å². The monoisotopic (exact) mass is 317 g/mol. The third-order valence-electron chi connectivity index (χ3n) is 3.21. The average Bonchev–Trinajstić information content (AvgIpc) is 3.06. The molecule has 0 fully saturated rings. The van der Waals surface area contributed by atoms with Gasteiger partial charge in [0.2, 0.25) is 0 Å². The molecule has 0 radical (unpaired) electrons. The van der Waals surface area contributed by atoms with E-state index in [4.69, 9.17) is 0 Å². The van der Waals surface area contributed by atoms with Gasteiger partial charge in [-0.3, -0.25) is 0 Å². The lowest BCUT2D eigenvalue weighted by Crippen LogP contribution is -2.11. The van der Waals surface area contributed by atoms with Gasteiger partial charge in [-0.05, 0) is 43.9 Å². The van der Waals surface area contributed by atoms with E-state index in [0.29, 0.717) is 0 Å². The van der Waals surface area contributed by atoms with Crippen molar-refractivity contribution in [1.29, 1.82) is 0 Å². The van der Waals surface area contributed by atoms with Gasteiger partial charge in [0, 0.05) is 29.4 Å². The highest BCUT2D eigenvalue weighted by Gasteiger charge is 2.02. The van der Waals surface area contributed by atoms with Crippen molar-refractivity contribution in [2.45, 2.75) is 19.6 Å². The van der Waals surface area contributed by atoms with Crippen molar-refractivity contribution >= 4 is 32.9 Å². The lowest BCUT2D eigenvalue weighted by molar-refractivity contribution is 0.406. The molecule has 21 heavy (non-hydrogen) atoms. The molecule has 0 saturated carbocycles. The van der Waals surface area contributed by atoms with Crippen LogP contribution >= 0.6 is 22.7 Å². The minimum absolute atomic E-state index is 0.883. The summed E-state index contributed by atoms with van der Waals surface area (Å²) in [6.45, 7) is 2.83. The highest BCUT2D eigenvalue weighted by molar-refractivity contribution is 7.16. The maximum absolute atomic E-state index is 4.36. The number of rotatable bonds is 6. The fourth-order valence-corrected chi connectivity index (χ4v) is 4.02. The lowest BCUT2D eigenvalue weighted by atomic mass is 10.2. The molecule has 0 spiro atoms. The standard InChI is InChI=1S/C16H19N3S2/c1-19(2)10-14-5-4-13(21-14)9-17-8-12-3-6-16-15(7-12)18-11-20-16/h3-7,11,17H,8-10H2,1-2H3. The Morgan fingerprint density at radius 2 is 1.95 bits per heavy atom. The number of benzene rings is 1. The smallest absolute Gasteiger partial charge is 0.0815 e. The van der Waals surface area contributed by atoms with Crippen LogP contribution in [0.5, 0.6) is 0 Å². The molecule has 0 amide bonds. The zero-order valence-corrected chi connectivity index (χ0v) is 13.9. The van der Waals surface area contributed by atoms with Gasteiger partial charge in [0.05, 0.1) is 15.7 Å². The number of nitrogens with zero attached hydrogens (tertiary/aromatic N) is 2. The molecule has 0 saturated heterocycles. The number of hydrogen-bond donors (Lipinski definition) is 1. The van der Waals surface area contributed by atoms with E-state index in [9.17, 15) is 0 Å². The summed E-state index contributed by atoms with van der Waals surface area (Å²) in [5, 5.41) is 3.51. The van der Waals surface area contributed by atoms with E-state index < -0.39 is 0 Å². The van der Waals surface area contributed by atoms with Crippen LogP contribution in [-0.4, -0.2) is 24.0 Å². The van der Waals surface area contributed by atoms with Gasteiger partial charge >= 0.3 is 0 Å². The summed E-state index contributed by atoms with van der Waals surface area (Å²) in [5.74, 6) is 0. The van der Waals surface area contributed by atoms with Crippen LogP contribution in [-0.2, 0) is 19.6 Å². The van der Waals surface area contributed by atoms with Crippen molar-refractivity contribution in [2.24, 2.45) is 0 Å². The second-order valence-electron chi connectivity index (χ2n) is 5.36. The van der Waals surface area contributed by atoms with Crippen LogP contribution in [0, 0.1) is 0 Å². The summed E-state index contributed by atoms with van der Waals surface area (Å²) in [5.41, 5.74) is 4.29. The Balaban J connectivity index is 1.54. The fourth-order valence-electron chi connectivity index (χ4n) is 2.26. The number of thiazole rings is 1. The van der Waals surface area contributed by atoms with Gasteiger partial charge in [0.1, 0.15) is 0 Å². The van der Waals surface area contributed by atoms with Crippen LogP contribution < -0.4 is 5.32 Å². The first-order valence-electron chi connectivity index (χ1n) is 6.96. The van der Waals surface area contributed by atoms with Crippen LogP contribution in [0.2, 0.25) is 0 Å². The molecule has 2 aromatic heterocycles. The molecule has 0 atom stereocenters. The second-order valence-corrected chi connectivity index (χ2v) is 7.50. The van der Waals surface area contributed by atoms with Gasteiger partial charge in [-0.1, -0.05) is 6.07 Å². The van der Waals surface area contributed by atoms with E-state index in [-0.39, 0.29) is 0 Å². The van der Waals surface area contributed by atoms with Crippen molar-refractivity contribution in [2.75, 3.05) is 14.1 Å². The molecule has 1 aromatic carbocycles. The Labute approximate surface area is 133 Å². The van der Waals surface area contributed by atoms with E-state index in [0.717, 1.165) is 25.2 Å². The molecule has 3 aromatic rings. The number of hydrogen-bond acceptors (Lipinski definition) is 5. The molecule has 0 aliphatic carbocycles. The molecule has 110 valence electrons. The lowest BCUT2D eigenvalue weighted by Gasteiger charge is -2.06. The molecule has 0 aliphatic heterocycles. The second kappa shape index (κ2) is 6.66. The first-order valence-corrected chi connectivity index (χ1v) is 8.65.